The smallest absolute Gasteiger partial charge is 0.180 e. The van der Waals surface area contributed by atoms with Crippen LogP contribution in [0, 0.1) is 0 Å². The summed E-state index contributed by atoms with van der Waals surface area (Å²) < 4.78 is 2.49. The van der Waals surface area contributed by atoms with Crippen LogP contribution in [0.15, 0.2) is 12.4 Å². The van der Waals surface area contributed by atoms with Gasteiger partial charge in [0.15, 0.2) is 5.13 Å². The van der Waals surface area contributed by atoms with Gasteiger partial charge in [0.05, 0.1) is 0 Å². The molecule has 2 aromatic rings. The quantitative estimate of drug-likeness (QED) is 0.921. The maximum Gasteiger partial charge on any atom is 0.180 e. The van der Waals surface area contributed by atoms with Gasteiger partial charge in [-0.15, -0.1) is 23.7 Å². The predicted octanol–water partition coefficient (Wildman–Crippen LogP) is 3.06. The van der Waals surface area contributed by atoms with E-state index in [-0.39, 0.29) is 12.4 Å². The van der Waals surface area contributed by atoms with E-state index in [1.807, 2.05) is 6.20 Å². The predicted molar refractivity (Wildman–Crippen MR) is 96.2 cm³/mol. The van der Waals surface area contributed by atoms with E-state index >= 15 is 0 Å². The number of rotatable bonds is 3. The Hall–Kier alpha value is -1.11. The Morgan fingerprint density at radius 1 is 1.13 bits per heavy atom. The number of aromatic nitrogens is 3. The zero-order valence-corrected chi connectivity index (χ0v) is 14.9. The average molecular weight is 354 g/mol. The number of hydrogen-bond acceptors (Lipinski definition) is 5. The Kier molecular flexibility index (Phi) is 5.24. The molecule has 0 aromatic carbocycles. The van der Waals surface area contributed by atoms with Crippen molar-refractivity contribution in [1.82, 2.24) is 19.4 Å². The number of imidazole rings is 1. The van der Waals surface area contributed by atoms with Gasteiger partial charge in [-0.1, -0.05) is 0 Å². The van der Waals surface area contributed by atoms with Gasteiger partial charge in [-0.2, -0.15) is 0 Å². The summed E-state index contributed by atoms with van der Waals surface area (Å²) in [5.74, 6) is 1.98. The third-order valence-electron chi connectivity index (χ3n) is 4.94. The number of thiazole rings is 1. The van der Waals surface area contributed by atoms with E-state index in [0.717, 1.165) is 19.6 Å². The minimum atomic E-state index is 0. The largest absolute Gasteiger partial charge is 0.375 e. The molecule has 4 heterocycles. The average Bonchev–Trinajstić information content (AvgIpc) is 3.14. The molecule has 2 aromatic heterocycles. The molecule has 0 saturated carbocycles. The second-order valence-electron chi connectivity index (χ2n) is 6.43. The molecule has 23 heavy (non-hydrogen) atoms. The van der Waals surface area contributed by atoms with Gasteiger partial charge in [-0.05, 0) is 45.2 Å². The standard InChI is InChI=1S/C16H23N5S.ClH/c17-16-19-10-14(22-16)11-20-7-4-12(5-8-20)15-18-9-13-3-1-2-6-21(13)15;/h9-10,12H,1-8,11H2,(H2,17,19);1H. The van der Waals surface area contributed by atoms with Crippen LogP contribution < -0.4 is 5.73 Å². The lowest BCUT2D eigenvalue weighted by molar-refractivity contribution is 0.201. The van der Waals surface area contributed by atoms with Crippen LogP contribution in [0.5, 0.6) is 0 Å². The van der Waals surface area contributed by atoms with Gasteiger partial charge in [0.1, 0.15) is 5.82 Å². The van der Waals surface area contributed by atoms with Crippen molar-refractivity contribution in [3.05, 3.63) is 28.8 Å². The fourth-order valence-electron chi connectivity index (χ4n) is 3.75. The molecular weight excluding hydrogens is 330 g/mol. The number of anilines is 1. The summed E-state index contributed by atoms with van der Waals surface area (Å²) in [5.41, 5.74) is 7.16. The van der Waals surface area contributed by atoms with Gasteiger partial charge in [0.25, 0.3) is 0 Å². The number of nitrogens with zero attached hydrogens (tertiary/aromatic N) is 4. The highest BCUT2D eigenvalue weighted by molar-refractivity contribution is 7.15. The van der Waals surface area contributed by atoms with Crippen molar-refractivity contribution >= 4 is 28.9 Å². The fraction of sp³-hybridized carbons (Fsp3) is 0.625. The van der Waals surface area contributed by atoms with Gasteiger partial charge >= 0.3 is 0 Å². The monoisotopic (exact) mass is 353 g/mol. The number of hydrogen-bond donors (Lipinski definition) is 1. The Balaban J connectivity index is 0.00000156. The zero-order chi connectivity index (χ0) is 14.9. The van der Waals surface area contributed by atoms with Crippen molar-refractivity contribution in [2.75, 3.05) is 18.8 Å². The van der Waals surface area contributed by atoms with E-state index in [2.05, 4.69) is 20.6 Å². The highest BCUT2D eigenvalue weighted by atomic mass is 35.5. The molecule has 126 valence electrons. The molecule has 0 bridgehead atoms. The molecule has 4 rings (SSSR count). The fourth-order valence-corrected chi connectivity index (χ4v) is 4.48. The van der Waals surface area contributed by atoms with Crippen molar-refractivity contribution < 1.29 is 0 Å². The summed E-state index contributed by atoms with van der Waals surface area (Å²) in [7, 11) is 0. The highest BCUT2D eigenvalue weighted by Gasteiger charge is 2.26. The van der Waals surface area contributed by atoms with Crippen molar-refractivity contribution in [3.8, 4) is 0 Å². The van der Waals surface area contributed by atoms with Crippen LogP contribution in [-0.4, -0.2) is 32.5 Å². The van der Waals surface area contributed by atoms with E-state index < -0.39 is 0 Å². The molecule has 0 amide bonds. The molecule has 7 heteroatoms. The summed E-state index contributed by atoms with van der Waals surface area (Å²) in [6, 6.07) is 0. The van der Waals surface area contributed by atoms with Crippen molar-refractivity contribution in [1.29, 1.82) is 0 Å². The Morgan fingerprint density at radius 2 is 1.96 bits per heavy atom. The van der Waals surface area contributed by atoms with Gasteiger partial charge < -0.3 is 10.3 Å². The second kappa shape index (κ2) is 7.20. The lowest BCUT2D eigenvalue weighted by atomic mass is 9.95. The van der Waals surface area contributed by atoms with Crippen LogP contribution in [0.3, 0.4) is 0 Å². The van der Waals surface area contributed by atoms with Gasteiger partial charge in [-0.3, -0.25) is 4.90 Å². The maximum atomic E-state index is 5.71. The Bertz CT molecular complexity index is 645. The number of nitrogen functional groups attached to an aromatic ring is 1. The molecule has 0 atom stereocenters. The number of piperidine rings is 1. The summed E-state index contributed by atoms with van der Waals surface area (Å²) in [5, 5.41) is 0.675. The Labute approximate surface area is 147 Å². The minimum Gasteiger partial charge on any atom is -0.375 e. The first-order chi connectivity index (χ1) is 10.8. The molecule has 1 saturated heterocycles. The molecule has 2 N–H and O–H groups in total. The number of nitrogens with two attached hydrogens (primary N) is 1. The molecule has 1 fully saturated rings. The molecule has 5 nitrogen and oxygen atoms in total. The number of fused-ring (bicyclic) bond motifs is 1. The summed E-state index contributed by atoms with van der Waals surface area (Å²) in [6.45, 7) is 4.45. The number of aryl methyl sites for hydroxylation is 1. The van der Waals surface area contributed by atoms with Crippen molar-refractivity contribution in [2.24, 2.45) is 0 Å². The first kappa shape index (κ1) is 16.7. The maximum absolute atomic E-state index is 5.71. The van der Waals surface area contributed by atoms with Crippen LogP contribution in [0.1, 0.15) is 48.0 Å². The third kappa shape index (κ3) is 3.54. The van der Waals surface area contributed by atoms with Crippen LogP contribution in [0.2, 0.25) is 0 Å². The van der Waals surface area contributed by atoms with Crippen LogP contribution in [-0.2, 0) is 19.5 Å². The van der Waals surface area contributed by atoms with E-state index in [0.29, 0.717) is 11.0 Å². The lowest BCUT2D eigenvalue weighted by Crippen LogP contribution is -2.33. The van der Waals surface area contributed by atoms with Gasteiger partial charge in [-0.25, -0.2) is 9.97 Å². The van der Waals surface area contributed by atoms with E-state index in [9.17, 15) is 0 Å². The number of halogens is 1. The normalized spacial score (nSPS) is 19.3. The summed E-state index contributed by atoms with van der Waals surface area (Å²) in [4.78, 5) is 12.7. The molecule has 0 aliphatic carbocycles. The molecule has 0 radical (unpaired) electrons. The van der Waals surface area contributed by atoms with E-state index in [1.54, 1.807) is 11.3 Å². The van der Waals surface area contributed by atoms with Crippen LogP contribution in [0.4, 0.5) is 5.13 Å². The topological polar surface area (TPSA) is 60.0 Å². The van der Waals surface area contributed by atoms with E-state index in [1.165, 1.54) is 55.0 Å². The summed E-state index contributed by atoms with van der Waals surface area (Å²) >= 11 is 1.61. The van der Waals surface area contributed by atoms with Gasteiger partial charge in [0, 0.05) is 42.0 Å². The SMILES string of the molecule is Cl.Nc1ncc(CN2CCC(c3ncc4n3CCCC4)CC2)s1. The molecular formula is C16H24ClN5S. The highest BCUT2D eigenvalue weighted by Crippen LogP contribution is 2.30. The van der Waals surface area contributed by atoms with Crippen LogP contribution in [0.25, 0.3) is 0 Å². The van der Waals surface area contributed by atoms with Crippen molar-refractivity contribution in [2.45, 2.75) is 51.1 Å². The minimum absolute atomic E-state index is 0. The third-order valence-corrected chi connectivity index (χ3v) is 5.75. The second-order valence-corrected chi connectivity index (χ2v) is 7.58. The summed E-state index contributed by atoms with van der Waals surface area (Å²) in [6.07, 6.45) is 10.3. The Morgan fingerprint density at radius 3 is 2.70 bits per heavy atom. The van der Waals surface area contributed by atoms with E-state index in [4.69, 9.17) is 10.7 Å². The number of likely N-dealkylation sites (tertiary alicyclic amines) is 1. The first-order valence-corrected chi connectivity index (χ1v) is 9.08. The van der Waals surface area contributed by atoms with Crippen LogP contribution >= 0.6 is 23.7 Å². The lowest BCUT2D eigenvalue weighted by Gasteiger charge is -2.32. The zero-order valence-electron chi connectivity index (χ0n) is 13.3. The molecule has 0 unspecified atom stereocenters. The molecule has 2 aliphatic rings. The van der Waals surface area contributed by atoms with Crippen molar-refractivity contribution in [3.63, 3.8) is 0 Å². The molecule has 0 spiro atoms. The first-order valence-electron chi connectivity index (χ1n) is 8.26. The molecule has 2 aliphatic heterocycles. The van der Waals surface area contributed by atoms with Gasteiger partial charge in [0.2, 0.25) is 0 Å².